The van der Waals surface area contributed by atoms with Crippen molar-refractivity contribution in [2.45, 2.75) is 31.6 Å². The molecule has 0 aromatic carbocycles. The minimum atomic E-state index is 0.743. The Morgan fingerprint density at radius 1 is 1.42 bits per heavy atom. The van der Waals surface area contributed by atoms with Crippen LogP contribution in [-0.4, -0.2) is 0 Å². The average Bonchev–Trinajstić information content (AvgIpc) is 2.58. The highest BCUT2D eigenvalue weighted by Crippen LogP contribution is 2.41. The fourth-order valence-electron chi connectivity index (χ4n) is 1.94. The molecule has 1 aliphatic carbocycles. The third kappa shape index (κ3) is 1.52. The van der Waals surface area contributed by atoms with Crippen molar-refractivity contribution in [3.8, 4) is 0 Å². The molecule has 66 valence electrons. The first-order valence-corrected chi connectivity index (χ1v) is 5.93. The topological polar surface area (TPSA) is 26.0 Å². The van der Waals surface area contributed by atoms with Crippen LogP contribution in [0.15, 0.2) is 9.85 Å². The lowest BCUT2D eigenvalue weighted by molar-refractivity contribution is 0.728. The maximum Gasteiger partial charge on any atom is 0.0903 e. The van der Waals surface area contributed by atoms with Crippen LogP contribution in [0.5, 0.6) is 0 Å². The molecule has 2 rings (SSSR count). The minimum Gasteiger partial charge on any atom is -0.390 e. The highest BCUT2D eigenvalue weighted by atomic mass is 79.9. The summed E-state index contributed by atoms with van der Waals surface area (Å²) in [5, 5.41) is 1.01. The van der Waals surface area contributed by atoms with E-state index in [0.717, 1.165) is 10.9 Å². The molecule has 0 spiro atoms. The van der Waals surface area contributed by atoms with Gasteiger partial charge in [0.15, 0.2) is 0 Å². The molecule has 0 aliphatic heterocycles. The van der Waals surface area contributed by atoms with Gasteiger partial charge in [0.25, 0.3) is 0 Å². The highest BCUT2D eigenvalue weighted by Gasteiger charge is 2.20. The van der Waals surface area contributed by atoms with Gasteiger partial charge < -0.3 is 5.73 Å². The Bertz CT molecular complexity index is 276. The van der Waals surface area contributed by atoms with Crippen LogP contribution in [0, 0.1) is 0 Å². The van der Waals surface area contributed by atoms with Crippen LogP contribution in [0.4, 0.5) is 5.00 Å². The van der Waals surface area contributed by atoms with Crippen molar-refractivity contribution >= 4 is 32.3 Å². The van der Waals surface area contributed by atoms with Crippen LogP contribution in [0.25, 0.3) is 0 Å². The second-order valence-corrected chi connectivity index (χ2v) is 5.81. The number of nitrogens with two attached hydrogens (primary N) is 1. The van der Waals surface area contributed by atoms with Crippen molar-refractivity contribution < 1.29 is 0 Å². The van der Waals surface area contributed by atoms with Gasteiger partial charge in [0.1, 0.15) is 0 Å². The summed E-state index contributed by atoms with van der Waals surface area (Å²) in [7, 11) is 0. The molecule has 2 N–H and O–H groups in total. The molecule has 1 saturated carbocycles. The molecule has 1 fully saturated rings. The van der Waals surface area contributed by atoms with E-state index in [9.17, 15) is 0 Å². The van der Waals surface area contributed by atoms with Gasteiger partial charge in [0.2, 0.25) is 0 Å². The smallest absolute Gasteiger partial charge is 0.0903 e. The number of hydrogen-bond acceptors (Lipinski definition) is 2. The predicted octanol–water partition coefficient (Wildman–Crippen LogP) is 3.75. The monoisotopic (exact) mass is 245 g/mol. The summed E-state index contributed by atoms with van der Waals surface area (Å²) in [6, 6.07) is 2.19. The van der Waals surface area contributed by atoms with Gasteiger partial charge in [0, 0.05) is 0 Å². The number of nitrogen functional groups attached to an aromatic ring is 1. The Morgan fingerprint density at radius 2 is 2.08 bits per heavy atom. The summed E-state index contributed by atoms with van der Waals surface area (Å²) >= 11 is 5.12. The van der Waals surface area contributed by atoms with E-state index in [0.29, 0.717) is 0 Å². The lowest BCUT2D eigenvalue weighted by Gasteiger charge is -2.06. The molecule has 1 nitrogen and oxygen atoms in total. The summed E-state index contributed by atoms with van der Waals surface area (Å²) in [6.07, 6.45) is 5.40. The lowest BCUT2D eigenvalue weighted by Crippen LogP contribution is -1.93. The summed E-state index contributed by atoms with van der Waals surface area (Å²) in [6.45, 7) is 0. The normalized spacial score (nSPS) is 18.8. The van der Waals surface area contributed by atoms with E-state index in [4.69, 9.17) is 5.73 Å². The van der Waals surface area contributed by atoms with Gasteiger partial charge in [-0.15, -0.1) is 11.3 Å². The quantitative estimate of drug-likeness (QED) is 0.802. The Morgan fingerprint density at radius 3 is 2.58 bits per heavy atom. The first-order chi connectivity index (χ1) is 5.77. The van der Waals surface area contributed by atoms with Crippen LogP contribution in [-0.2, 0) is 0 Å². The molecule has 0 amide bonds. The second-order valence-electron chi connectivity index (χ2n) is 3.35. The Kier molecular flexibility index (Phi) is 2.42. The fourth-order valence-corrected chi connectivity index (χ4v) is 3.45. The Balaban J connectivity index is 2.25. The molecule has 12 heavy (non-hydrogen) atoms. The first-order valence-electron chi connectivity index (χ1n) is 4.32. The molecule has 0 unspecified atom stereocenters. The molecular weight excluding hydrogens is 234 g/mol. The van der Waals surface area contributed by atoms with Crippen molar-refractivity contribution in [3.05, 3.63) is 15.4 Å². The summed E-state index contributed by atoms with van der Waals surface area (Å²) < 4.78 is 1.17. The molecule has 1 heterocycles. The van der Waals surface area contributed by atoms with Crippen LogP contribution in [0.2, 0.25) is 0 Å². The molecule has 1 aliphatic rings. The zero-order valence-electron chi connectivity index (χ0n) is 6.85. The van der Waals surface area contributed by atoms with Crippen LogP contribution in [0.3, 0.4) is 0 Å². The van der Waals surface area contributed by atoms with E-state index in [-0.39, 0.29) is 0 Å². The van der Waals surface area contributed by atoms with E-state index in [2.05, 4.69) is 22.0 Å². The van der Waals surface area contributed by atoms with Crippen molar-refractivity contribution in [1.29, 1.82) is 0 Å². The zero-order chi connectivity index (χ0) is 8.55. The van der Waals surface area contributed by atoms with E-state index in [1.54, 1.807) is 11.3 Å². The molecular formula is C9H12BrNS. The fraction of sp³-hybridized carbons (Fsp3) is 0.556. The molecule has 0 saturated heterocycles. The number of thiophene rings is 1. The van der Waals surface area contributed by atoms with Crippen molar-refractivity contribution in [2.75, 3.05) is 5.73 Å². The Hall–Kier alpha value is -0.0200. The van der Waals surface area contributed by atoms with E-state index in [1.165, 1.54) is 35.0 Å². The average molecular weight is 246 g/mol. The number of rotatable bonds is 1. The maximum absolute atomic E-state index is 5.91. The summed E-state index contributed by atoms with van der Waals surface area (Å²) in [5.74, 6) is 0.743. The van der Waals surface area contributed by atoms with Gasteiger partial charge in [-0.3, -0.25) is 0 Å². The van der Waals surface area contributed by atoms with Gasteiger partial charge in [-0.1, -0.05) is 12.8 Å². The van der Waals surface area contributed by atoms with Crippen molar-refractivity contribution in [2.24, 2.45) is 0 Å². The minimum absolute atomic E-state index is 0.743. The standard InChI is InChI=1S/C9H12BrNS/c10-8-5-7(9(11)12-8)6-3-1-2-4-6/h5-6H,1-4,11H2. The van der Waals surface area contributed by atoms with Gasteiger partial charge in [0.05, 0.1) is 8.79 Å². The van der Waals surface area contributed by atoms with Crippen molar-refractivity contribution in [3.63, 3.8) is 0 Å². The number of hydrogen-bond donors (Lipinski definition) is 1. The highest BCUT2D eigenvalue weighted by molar-refractivity contribution is 9.11. The van der Waals surface area contributed by atoms with E-state index in [1.807, 2.05) is 0 Å². The molecule has 1 aromatic heterocycles. The lowest BCUT2D eigenvalue weighted by atomic mass is 10.0. The molecule has 0 bridgehead atoms. The molecule has 0 atom stereocenters. The van der Waals surface area contributed by atoms with Gasteiger partial charge in [-0.2, -0.15) is 0 Å². The molecule has 1 aromatic rings. The number of halogens is 1. The van der Waals surface area contributed by atoms with Crippen molar-refractivity contribution in [1.82, 2.24) is 0 Å². The summed E-state index contributed by atoms with van der Waals surface area (Å²) in [4.78, 5) is 0. The van der Waals surface area contributed by atoms with Crippen LogP contribution >= 0.6 is 27.3 Å². The summed E-state index contributed by atoms with van der Waals surface area (Å²) in [5.41, 5.74) is 7.29. The molecule has 0 radical (unpaired) electrons. The van der Waals surface area contributed by atoms with Gasteiger partial charge >= 0.3 is 0 Å². The van der Waals surface area contributed by atoms with Gasteiger partial charge in [-0.05, 0) is 46.3 Å². The van der Waals surface area contributed by atoms with Crippen LogP contribution in [0.1, 0.15) is 37.2 Å². The SMILES string of the molecule is Nc1sc(Br)cc1C1CCCC1. The number of anilines is 1. The second kappa shape index (κ2) is 3.38. The largest absolute Gasteiger partial charge is 0.390 e. The molecule has 3 heteroatoms. The van der Waals surface area contributed by atoms with Crippen LogP contribution < -0.4 is 5.73 Å². The zero-order valence-corrected chi connectivity index (χ0v) is 9.25. The third-order valence-electron chi connectivity index (χ3n) is 2.56. The van der Waals surface area contributed by atoms with E-state index < -0.39 is 0 Å². The predicted molar refractivity (Wildman–Crippen MR) is 57.6 cm³/mol. The maximum atomic E-state index is 5.91. The third-order valence-corrected chi connectivity index (χ3v) is 4.04. The first kappa shape index (κ1) is 8.57. The van der Waals surface area contributed by atoms with E-state index >= 15 is 0 Å². The van der Waals surface area contributed by atoms with Gasteiger partial charge in [-0.25, -0.2) is 0 Å². The Labute approximate surface area is 85.1 Å².